The van der Waals surface area contributed by atoms with Crippen molar-refractivity contribution in [2.24, 2.45) is 5.41 Å². The van der Waals surface area contributed by atoms with Gasteiger partial charge in [0.15, 0.2) is 0 Å². The molecule has 6 heteroatoms. The molecule has 0 aliphatic rings. The number of hydrogen-bond acceptors (Lipinski definition) is 2. The monoisotopic (exact) mass is 390 g/mol. The number of hydrogen-bond donors (Lipinski definition) is 1. The van der Waals surface area contributed by atoms with Gasteiger partial charge in [0.05, 0.1) is 17.1 Å². The van der Waals surface area contributed by atoms with Crippen LogP contribution in [-0.2, 0) is 11.3 Å². The normalized spacial score (nSPS) is 11.1. The Kier molecular flexibility index (Phi) is 6.97. The maximum atomic E-state index is 13.9. The van der Waals surface area contributed by atoms with Crippen LogP contribution in [-0.4, -0.2) is 29.8 Å². The number of halogens is 2. The lowest BCUT2D eigenvalue weighted by atomic mass is 9.95. The molecule has 0 aliphatic heterocycles. The van der Waals surface area contributed by atoms with Crippen LogP contribution in [0.25, 0.3) is 0 Å². The van der Waals surface area contributed by atoms with Crippen molar-refractivity contribution in [1.29, 1.82) is 0 Å². The van der Waals surface area contributed by atoms with Crippen LogP contribution in [0.5, 0.6) is 0 Å². The fourth-order valence-corrected chi connectivity index (χ4v) is 2.93. The van der Waals surface area contributed by atoms with Crippen molar-refractivity contribution < 1.29 is 14.0 Å². The van der Waals surface area contributed by atoms with Crippen molar-refractivity contribution in [3.05, 3.63) is 70.5 Å². The summed E-state index contributed by atoms with van der Waals surface area (Å²) in [6, 6.07) is 13.6. The van der Waals surface area contributed by atoms with Crippen LogP contribution in [0.1, 0.15) is 36.7 Å². The summed E-state index contributed by atoms with van der Waals surface area (Å²) >= 11 is 5.90. The van der Waals surface area contributed by atoms with Crippen molar-refractivity contribution in [2.45, 2.75) is 27.3 Å². The van der Waals surface area contributed by atoms with E-state index < -0.39 is 11.7 Å². The molecule has 2 aromatic carbocycles. The summed E-state index contributed by atoms with van der Waals surface area (Å²) in [5, 5.41) is 2.49. The molecule has 0 aliphatic carbocycles. The number of amides is 2. The lowest BCUT2D eigenvalue weighted by Crippen LogP contribution is -2.43. The van der Waals surface area contributed by atoms with E-state index in [0.29, 0.717) is 13.1 Å². The Hall–Kier alpha value is -2.40. The maximum absolute atomic E-state index is 13.9. The van der Waals surface area contributed by atoms with E-state index in [0.717, 1.165) is 11.6 Å². The molecule has 27 heavy (non-hydrogen) atoms. The molecule has 2 rings (SSSR count). The zero-order valence-electron chi connectivity index (χ0n) is 15.8. The van der Waals surface area contributed by atoms with Crippen molar-refractivity contribution in [3.63, 3.8) is 0 Å². The lowest BCUT2D eigenvalue weighted by molar-refractivity contribution is -0.132. The predicted molar refractivity (Wildman–Crippen MR) is 105 cm³/mol. The summed E-state index contributed by atoms with van der Waals surface area (Å²) in [5.74, 6) is -1.67. The van der Waals surface area contributed by atoms with E-state index in [1.807, 2.05) is 51.1 Å². The van der Waals surface area contributed by atoms with Crippen molar-refractivity contribution in [1.82, 2.24) is 10.2 Å². The minimum Gasteiger partial charge on any atom is -0.343 e. The highest BCUT2D eigenvalue weighted by molar-refractivity contribution is 6.33. The first-order valence-corrected chi connectivity index (χ1v) is 9.09. The van der Waals surface area contributed by atoms with Gasteiger partial charge in [-0.2, -0.15) is 0 Å². The molecule has 0 atom stereocenters. The van der Waals surface area contributed by atoms with E-state index in [4.69, 9.17) is 11.6 Å². The van der Waals surface area contributed by atoms with Crippen LogP contribution >= 0.6 is 11.6 Å². The van der Waals surface area contributed by atoms with E-state index in [-0.39, 0.29) is 28.5 Å². The predicted octanol–water partition coefficient (Wildman–Crippen LogP) is 4.28. The van der Waals surface area contributed by atoms with Crippen molar-refractivity contribution >= 4 is 23.4 Å². The molecule has 144 valence electrons. The second kappa shape index (κ2) is 9.00. The second-order valence-corrected chi connectivity index (χ2v) is 7.98. The molecule has 2 aromatic rings. The average molecular weight is 391 g/mol. The molecule has 0 heterocycles. The molecular formula is C21H24ClFN2O2. The molecular weight excluding hydrogens is 367 g/mol. The Bertz CT molecular complexity index is 783. The zero-order valence-corrected chi connectivity index (χ0v) is 16.5. The highest BCUT2D eigenvalue weighted by atomic mass is 35.5. The summed E-state index contributed by atoms with van der Waals surface area (Å²) in [5.41, 5.74) is 0.638. The number of carbonyl (C=O) groups is 2. The topological polar surface area (TPSA) is 49.4 Å². The first kappa shape index (κ1) is 20.9. The van der Waals surface area contributed by atoms with Gasteiger partial charge in [-0.15, -0.1) is 0 Å². The summed E-state index contributed by atoms with van der Waals surface area (Å²) in [7, 11) is 0. The van der Waals surface area contributed by atoms with E-state index >= 15 is 0 Å². The second-order valence-electron chi connectivity index (χ2n) is 7.58. The third kappa shape index (κ3) is 6.36. The number of nitrogens with one attached hydrogen (secondary N) is 1. The molecule has 0 bridgehead atoms. The Morgan fingerprint density at radius 2 is 1.74 bits per heavy atom. The minimum atomic E-state index is -0.719. The lowest BCUT2D eigenvalue weighted by Gasteiger charge is -2.30. The van der Waals surface area contributed by atoms with E-state index in [2.05, 4.69) is 5.32 Å². The number of benzene rings is 2. The molecule has 0 saturated heterocycles. The number of rotatable bonds is 6. The van der Waals surface area contributed by atoms with Crippen molar-refractivity contribution in [2.75, 3.05) is 13.1 Å². The number of nitrogens with zero attached hydrogens (tertiary/aromatic N) is 1. The van der Waals surface area contributed by atoms with Crippen LogP contribution in [0.4, 0.5) is 4.39 Å². The highest BCUT2D eigenvalue weighted by Crippen LogP contribution is 2.19. The van der Waals surface area contributed by atoms with Crippen LogP contribution in [0.3, 0.4) is 0 Å². The van der Waals surface area contributed by atoms with Gasteiger partial charge in [-0.25, -0.2) is 4.39 Å². The van der Waals surface area contributed by atoms with Gasteiger partial charge in [0.2, 0.25) is 5.91 Å². The third-order valence-electron chi connectivity index (χ3n) is 3.82. The van der Waals surface area contributed by atoms with Crippen molar-refractivity contribution in [3.8, 4) is 0 Å². The van der Waals surface area contributed by atoms with Gasteiger partial charge < -0.3 is 10.2 Å². The van der Waals surface area contributed by atoms with Gasteiger partial charge >= 0.3 is 0 Å². The highest BCUT2D eigenvalue weighted by Gasteiger charge is 2.23. The summed E-state index contributed by atoms with van der Waals surface area (Å²) < 4.78 is 13.9. The SMILES string of the molecule is CC(C)(C)CN(Cc1ccccc1)C(=O)CNC(=O)c1c(F)cccc1Cl. The first-order valence-electron chi connectivity index (χ1n) is 8.71. The molecule has 2 amide bonds. The Morgan fingerprint density at radius 3 is 2.33 bits per heavy atom. The van der Waals surface area contributed by atoms with Gasteiger partial charge in [0.1, 0.15) is 5.82 Å². The molecule has 0 unspecified atom stereocenters. The maximum Gasteiger partial charge on any atom is 0.256 e. The molecule has 0 radical (unpaired) electrons. The van der Waals surface area contributed by atoms with Crippen LogP contribution < -0.4 is 5.32 Å². The van der Waals surface area contributed by atoms with Gasteiger partial charge in [-0.1, -0.05) is 68.8 Å². The third-order valence-corrected chi connectivity index (χ3v) is 4.14. The van der Waals surface area contributed by atoms with E-state index in [1.54, 1.807) is 4.90 Å². The fraction of sp³-hybridized carbons (Fsp3) is 0.333. The molecule has 0 fully saturated rings. The molecule has 0 aromatic heterocycles. The van der Waals surface area contributed by atoms with E-state index in [9.17, 15) is 14.0 Å². The zero-order chi connectivity index (χ0) is 20.0. The molecule has 4 nitrogen and oxygen atoms in total. The Balaban J connectivity index is 2.07. The summed E-state index contributed by atoms with van der Waals surface area (Å²) in [6.45, 7) is 6.85. The molecule has 0 spiro atoms. The smallest absolute Gasteiger partial charge is 0.256 e. The summed E-state index contributed by atoms with van der Waals surface area (Å²) in [4.78, 5) is 26.7. The van der Waals surface area contributed by atoms with Gasteiger partial charge in [-0.05, 0) is 23.1 Å². The fourth-order valence-electron chi connectivity index (χ4n) is 2.68. The average Bonchev–Trinajstić information content (AvgIpc) is 2.58. The first-order chi connectivity index (χ1) is 12.7. The largest absolute Gasteiger partial charge is 0.343 e. The van der Waals surface area contributed by atoms with Gasteiger partial charge in [0, 0.05) is 13.1 Å². The van der Waals surface area contributed by atoms with Gasteiger partial charge in [0.25, 0.3) is 5.91 Å². The van der Waals surface area contributed by atoms with Gasteiger partial charge in [-0.3, -0.25) is 9.59 Å². The van der Waals surface area contributed by atoms with Crippen LogP contribution in [0, 0.1) is 11.2 Å². The summed E-state index contributed by atoms with van der Waals surface area (Å²) in [6.07, 6.45) is 0. The Morgan fingerprint density at radius 1 is 1.07 bits per heavy atom. The number of carbonyl (C=O) groups excluding carboxylic acids is 2. The minimum absolute atomic E-state index is 0.00998. The van der Waals surface area contributed by atoms with Crippen LogP contribution in [0.15, 0.2) is 48.5 Å². The quantitative estimate of drug-likeness (QED) is 0.800. The molecule has 1 N–H and O–H groups in total. The van der Waals surface area contributed by atoms with E-state index in [1.165, 1.54) is 12.1 Å². The molecule has 0 saturated carbocycles. The Labute approximate surface area is 164 Å². The van der Waals surface area contributed by atoms with Crippen LogP contribution in [0.2, 0.25) is 5.02 Å². The standard InChI is InChI=1S/C21H24ClFN2O2/c1-21(2,3)14-25(13-15-8-5-4-6-9-15)18(26)12-24-20(27)19-16(22)10-7-11-17(19)23/h4-11H,12-14H2,1-3H3,(H,24,27).